The largest absolute Gasteiger partial charge is 0.459 e. The summed E-state index contributed by atoms with van der Waals surface area (Å²) in [5, 5.41) is 0.742. The van der Waals surface area contributed by atoms with Gasteiger partial charge in [-0.05, 0) is 6.92 Å². The van der Waals surface area contributed by atoms with Gasteiger partial charge in [0.1, 0.15) is 16.5 Å². The van der Waals surface area contributed by atoms with E-state index in [1.807, 2.05) is 0 Å². The van der Waals surface area contributed by atoms with Gasteiger partial charge in [-0.3, -0.25) is 0 Å². The molecule has 84 valence electrons. The zero-order chi connectivity index (χ0) is 11.3. The molecule has 15 heavy (non-hydrogen) atoms. The Labute approximate surface area is 92.2 Å². The first-order chi connectivity index (χ1) is 7.19. The summed E-state index contributed by atoms with van der Waals surface area (Å²) in [5.74, 6) is -0.359. The lowest BCUT2D eigenvalue weighted by Gasteiger charge is -2.01. The van der Waals surface area contributed by atoms with Gasteiger partial charge < -0.3 is 15.2 Å². The van der Waals surface area contributed by atoms with Gasteiger partial charge in [0.15, 0.2) is 0 Å². The summed E-state index contributed by atoms with van der Waals surface area (Å²) in [6.07, 6.45) is 0. The van der Waals surface area contributed by atoms with E-state index in [-0.39, 0.29) is 12.6 Å². The van der Waals surface area contributed by atoms with Crippen molar-refractivity contribution in [2.75, 3.05) is 20.3 Å². The van der Waals surface area contributed by atoms with Crippen LogP contribution in [0.5, 0.6) is 0 Å². The third-order valence-corrected chi connectivity index (χ3v) is 2.88. The molecule has 0 aromatic carbocycles. The number of carbonyl (C=O) groups is 1. The van der Waals surface area contributed by atoms with Crippen LogP contribution in [0.2, 0.25) is 0 Å². The minimum Gasteiger partial charge on any atom is -0.459 e. The van der Waals surface area contributed by atoms with Gasteiger partial charge >= 0.3 is 5.97 Å². The molecule has 2 N–H and O–H groups in total. The molecule has 0 bridgehead atoms. The smallest absolute Gasteiger partial charge is 0.350 e. The summed E-state index contributed by atoms with van der Waals surface area (Å²) < 4.78 is 9.75. The van der Waals surface area contributed by atoms with E-state index < -0.39 is 0 Å². The molecule has 0 saturated carbocycles. The van der Waals surface area contributed by atoms with Gasteiger partial charge in [0.25, 0.3) is 0 Å². The van der Waals surface area contributed by atoms with Crippen LogP contribution in [0, 0.1) is 6.92 Å². The molecule has 1 heterocycles. The lowest BCUT2D eigenvalue weighted by molar-refractivity contribution is 0.0392. The van der Waals surface area contributed by atoms with Crippen molar-refractivity contribution in [3.05, 3.63) is 15.6 Å². The molecule has 0 aliphatic heterocycles. The Morgan fingerprint density at radius 1 is 1.53 bits per heavy atom. The molecule has 1 aromatic rings. The molecule has 5 nitrogen and oxygen atoms in total. The third kappa shape index (κ3) is 3.26. The highest BCUT2D eigenvalue weighted by atomic mass is 32.1. The minimum atomic E-state index is -0.359. The average molecular weight is 230 g/mol. The predicted octanol–water partition coefficient (Wildman–Crippen LogP) is 0.713. The monoisotopic (exact) mass is 230 g/mol. The Kier molecular flexibility index (Phi) is 4.67. The molecule has 1 rings (SSSR count). The zero-order valence-electron chi connectivity index (χ0n) is 8.78. The molecule has 0 fully saturated rings. The molecule has 0 radical (unpaired) electrons. The van der Waals surface area contributed by atoms with Crippen molar-refractivity contribution >= 4 is 17.3 Å². The summed E-state index contributed by atoms with van der Waals surface area (Å²) in [4.78, 5) is 16.2. The summed E-state index contributed by atoms with van der Waals surface area (Å²) in [6.45, 7) is 2.76. The summed E-state index contributed by atoms with van der Waals surface area (Å²) in [6, 6.07) is 0. The van der Waals surface area contributed by atoms with Crippen LogP contribution < -0.4 is 5.73 Å². The number of ether oxygens (including phenoxy) is 2. The SMILES string of the molecule is COCCOC(=O)c1sc(CN)nc1C. The second-order valence-corrected chi connectivity index (χ2v) is 3.94. The van der Waals surface area contributed by atoms with Gasteiger partial charge in [-0.15, -0.1) is 11.3 Å². The average Bonchev–Trinajstić information content (AvgIpc) is 2.60. The van der Waals surface area contributed by atoms with Crippen molar-refractivity contribution in [2.45, 2.75) is 13.5 Å². The molecule has 0 aliphatic rings. The van der Waals surface area contributed by atoms with Crippen molar-refractivity contribution in [3.8, 4) is 0 Å². The van der Waals surface area contributed by atoms with Crippen LogP contribution >= 0.6 is 11.3 Å². The highest BCUT2D eigenvalue weighted by molar-refractivity contribution is 7.13. The van der Waals surface area contributed by atoms with Gasteiger partial charge in [-0.2, -0.15) is 0 Å². The maximum Gasteiger partial charge on any atom is 0.350 e. The van der Waals surface area contributed by atoms with Crippen LogP contribution in [-0.2, 0) is 16.0 Å². The van der Waals surface area contributed by atoms with Crippen LogP contribution in [-0.4, -0.2) is 31.3 Å². The summed E-state index contributed by atoms with van der Waals surface area (Å²) in [7, 11) is 1.55. The number of carbonyl (C=O) groups excluding carboxylic acids is 1. The number of thiazole rings is 1. The molecule has 0 amide bonds. The Balaban J connectivity index is 2.60. The highest BCUT2D eigenvalue weighted by Gasteiger charge is 2.15. The maximum atomic E-state index is 11.5. The fourth-order valence-corrected chi connectivity index (χ4v) is 1.85. The van der Waals surface area contributed by atoms with Crippen LogP contribution in [0.4, 0.5) is 0 Å². The van der Waals surface area contributed by atoms with E-state index in [0.717, 1.165) is 5.01 Å². The maximum absolute atomic E-state index is 11.5. The van der Waals surface area contributed by atoms with Gasteiger partial charge in [0.2, 0.25) is 0 Å². The highest BCUT2D eigenvalue weighted by Crippen LogP contribution is 2.18. The summed E-state index contributed by atoms with van der Waals surface area (Å²) >= 11 is 1.27. The topological polar surface area (TPSA) is 74.4 Å². The first kappa shape index (κ1) is 12.1. The number of nitrogens with zero attached hydrogens (tertiary/aromatic N) is 1. The predicted molar refractivity (Wildman–Crippen MR) is 56.9 cm³/mol. The standard InChI is InChI=1S/C9H14N2O3S/c1-6-8(15-7(5-10)11-6)9(12)14-4-3-13-2/h3-5,10H2,1-2H3. The van der Waals surface area contributed by atoms with Crippen molar-refractivity contribution in [3.63, 3.8) is 0 Å². The first-order valence-electron chi connectivity index (χ1n) is 4.51. The number of rotatable bonds is 5. The first-order valence-corrected chi connectivity index (χ1v) is 5.33. The molecular formula is C9H14N2O3S. The molecule has 0 atom stereocenters. The van der Waals surface area contributed by atoms with E-state index in [1.54, 1.807) is 14.0 Å². The lowest BCUT2D eigenvalue weighted by Crippen LogP contribution is -2.09. The van der Waals surface area contributed by atoms with E-state index in [1.165, 1.54) is 11.3 Å². The van der Waals surface area contributed by atoms with Gasteiger partial charge in [-0.1, -0.05) is 0 Å². The van der Waals surface area contributed by atoms with E-state index in [9.17, 15) is 4.79 Å². The Morgan fingerprint density at radius 3 is 2.80 bits per heavy atom. The van der Waals surface area contributed by atoms with Crippen molar-refractivity contribution in [1.82, 2.24) is 4.98 Å². The van der Waals surface area contributed by atoms with Gasteiger partial charge in [0, 0.05) is 13.7 Å². The third-order valence-electron chi connectivity index (χ3n) is 1.72. The van der Waals surface area contributed by atoms with Crippen LogP contribution in [0.15, 0.2) is 0 Å². The van der Waals surface area contributed by atoms with E-state index in [2.05, 4.69) is 4.98 Å². The van der Waals surface area contributed by atoms with Crippen LogP contribution in [0.1, 0.15) is 20.4 Å². The number of aryl methyl sites for hydroxylation is 1. The van der Waals surface area contributed by atoms with Crippen LogP contribution in [0.3, 0.4) is 0 Å². The summed E-state index contributed by atoms with van der Waals surface area (Å²) in [5.41, 5.74) is 6.10. The molecular weight excluding hydrogens is 216 g/mol. The lowest BCUT2D eigenvalue weighted by atomic mass is 10.4. The number of esters is 1. The quantitative estimate of drug-likeness (QED) is 0.595. The second-order valence-electron chi connectivity index (χ2n) is 2.85. The fraction of sp³-hybridized carbons (Fsp3) is 0.556. The molecule has 6 heteroatoms. The fourth-order valence-electron chi connectivity index (χ4n) is 1.01. The molecule has 0 unspecified atom stereocenters. The number of aromatic nitrogens is 1. The number of hydrogen-bond acceptors (Lipinski definition) is 6. The van der Waals surface area contributed by atoms with E-state index in [4.69, 9.17) is 15.2 Å². The minimum absolute atomic E-state index is 0.255. The normalized spacial score (nSPS) is 10.3. The van der Waals surface area contributed by atoms with Crippen molar-refractivity contribution in [1.29, 1.82) is 0 Å². The van der Waals surface area contributed by atoms with Crippen molar-refractivity contribution < 1.29 is 14.3 Å². The number of methoxy groups -OCH3 is 1. The van der Waals surface area contributed by atoms with E-state index >= 15 is 0 Å². The molecule has 0 spiro atoms. The van der Waals surface area contributed by atoms with Crippen LogP contribution in [0.25, 0.3) is 0 Å². The Hall–Kier alpha value is -0.980. The van der Waals surface area contributed by atoms with Gasteiger partial charge in [-0.25, -0.2) is 9.78 Å². The van der Waals surface area contributed by atoms with Crippen molar-refractivity contribution in [2.24, 2.45) is 5.73 Å². The van der Waals surface area contributed by atoms with E-state index in [0.29, 0.717) is 23.7 Å². The van der Waals surface area contributed by atoms with Gasteiger partial charge in [0.05, 0.1) is 12.3 Å². The zero-order valence-corrected chi connectivity index (χ0v) is 9.60. The molecule has 0 saturated heterocycles. The second kappa shape index (κ2) is 5.79. The Morgan fingerprint density at radius 2 is 2.27 bits per heavy atom. The number of hydrogen-bond donors (Lipinski definition) is 1. The molecule has 0 aliphatic carbocycles. The number of nitrogens with two attached hydrogens (primary N) is 1. The Bertz CT molecular complexity index is 338. The molecule has 1 aromatic heterocycles.